The summed E-state index contributed by atoms with van der Waals surface area (Å²) in [6.45, 7) is 6.89. The van der Waals surface area contributed by atoms with Gasteiger partial charge in [-0.2, -0.15) is 0 Å². The van der Waals surface area contributed by atoms with Gasteiger partial charge in [0.2, 0.25) is 5.91 Å². The molecule has 4 N–H and O–H groups in total. The molecule has 37 heavy (non-hydrogen) atoms. The zero-order valence-electron chi connectivity index (χ0n) is 23.0. The first-order chi connectivity index (χ1) is 17.6. The molecule has 0 radical (unpaired) electrons. The lowest BCUT2D eigenvalue weighted by Crippen LogP contribution is -2.62. The second kappa shape index (κ2) is 10.2. The first kappa shape index (κ1) is 27.0. The third-order valence-electron chi connectivity index (χ3n) is 11.7. The Bertz CT molecular complexity index is 967. The molecule has 11 atom stereocenters. The van der Waals surface area contributed by atoms with Crippen LogP contribution in [-0.2, 0) is 4.79 Å². The maximum absolute atomic E-state index is 12.7. The molecule has 1 amide bonds. The van der Waals surface area contributed by atoms with Crippen LogP contribution in [0, 0.1) is 46.3 Å². The van der Waals surface area contributed by atoms with Crippen molar-refractivity contribution in [2.75, 3.05) is 12.4 Å². The van der Waals surface area contributed by atoms with Gasteiger partial charge in [0, 0.05) is 12.1 Å². The van der Waals surface area contributed by atoms with E-state index in [4.69, 9.17) is 4.74 Å². The highest BCUT2D eigenvalue weighted by molar-refractivity contribution is 5.90. The summed E-state index contributed by atoms with van der Waals surface area (Å²) in [7, 11) is 1.62. The Kier molecular flexibility index (Phi) is 7.40. The second-order valence-electron chi connectivity index (χ2n) is 13.3. The van der Waals surface area contributed by atoms with Crippen LogP contribution >= 0.6 is 0 Å². The number of ether oxygens (including phenoxy) is 1. The molecule has 1 aromatic carbocycles. The maximum Gasteiger partial charge on any atom is 0.224 e. The van der Waals surface area contributed by atoms with Crippen molar-refractivity contribution < 1.29 is 24.9 Å². The molecule has 4 aliphatic carbocycles. The molecule has 6 heteroatoms. The van der Waals surface area contributed by atoms with Gasteiger partial charge in [0.15, 0.2) is 0 Å². The van der Waals surface area contributed by atoms with Gasteiger partial charge in [0.1, 0.15) is 5.75 Å². The van der Waals surface area contributed by atoms with Gasteiger partial charge in [-0.15, -0.1) is 0 Å². The summed E-state index contributed by atoms with van der Waals surface area (Å²) in [5.41, 5.74) is 0.633. The molecule has 0 aromatic heterocycles. The van der Waals surface area contributed by atoms with Gasteiger partial charge in [-0.3, -0.25) is 4.79 Å². The number of aliphatic hydroxyl groups is 3. The molecule has 6 nitrogen and oxygen atoms in total. The summed E-state index contributed by atoms with van der Waals surface area (Å²) in [6, 6.07) is 7.39. The van der Waals surface area contributed by atoms with E-state index in [2.05, 4.69) is 26.1 Å². The standard InChI is InChI=1S/C31H47NO5/c1-18(5-12-28(36)32-20-6-8-22(37-4)9-7-20)23-10-11-24-29-25(17-27(35)31(23,24)3)30(2)14-13-21(33)15-19(30)16-26(29)34/h6-9,18-19,21,23-27,29,33-35H,5,10-17H2,1-4H3,(H,32,36)/t18-,19-,21-,23+,24-,25-,26-,27+,29+,30+,31-/m1/s1. The van der Waals surface area contributed by atoms with Crippen molar-refractivity contribution in [2.45, 2.75) is 96.9 Å². The molecule has 4 fully saturated rings. The van der Waals surface area contributed by atoms with E-state index in [-0.39, 0.29) is 34.9 Å². The highest BCUT2D eigenvalue weighted by atomic mass is 16.5. The molecular weight excluding hydrogens is 466 g/mol. The van der Waals surface area contributed by atoms with Crippen molar-refractivity contribution >= 4 is 11.6 Å². The number of carbonyl (C=O) groups excluding carboxylic acids is 1. The molecule has 0 aliphatic heterocycles. The van der Waals surface area contributed by atoms with Crippen molar-refractivity contribution in [3.05, 3.63) is 24.3 Å². The number of anilines is 1. The summed E-state index contributed by atoms with van der Waals surface area (Å²) < 4.78 is 5.19. The Hall–Kier alpha value is -1.63. The number of methoxy groups -OCH3 is 1. The van der Waals surface area contributed by atoms with Crippen molar-refractivity contribution in [3.8, 4) is 5.75 Å². The molecule has 4 saturated carbocycles. The second-order valence-corrected chi connectivity index (χ2v) is 13.3. The number of benzene rings is 1. The predicted octanol–water partition coefficient (Wildman–Crippen LogP) is 5.01. The van der Waals surface area contributed by atoms with Crippen molar-refractivity contribution in [1.29, 1.82) is 0 Å². The topological polar surface area (TPSA) is 99.0 Å². The summed E-state index contributed by atoms with van der Waals surface area (Å²) in [5, 5.41) is 36.5. The number of hydrogen-bond donors (Lipinski definition) is 4. The van der Waals surface area contributed by atoms with Crippen LogP contribution in [0.3, 0.4) is 0 Å². The normalized spacial score (nSPS) is 43.8. The van der Waals surface area contributed by atoms with Crippen molar-refractivity contribution in [2.24, 2.45) is 46.3 Å². The molecular formula is C31H47NO5. The fraction of sp³-hybridized carbons (Fsp3) is 0.774. The number of amides is 1. The lowest BCUT2D eigenvalue weighted by atomic mass is 9.43. The van der Waals surface area contributed by atoms with E-state index in [1.807, 2.05) is 24.3 Å². The van der Waals surface area contributed by atoms with E-state index in [9.17, 15) is 20.1 Å². The Morgan fingerprint density at radius 3 is 2.49 bits per heavy atom. The molecule has 206 valence electrons. The number of rotatable bonds is 6. The summed E-state index contributed by atoms with van der Waals surface area (Å²) in [6.07, 6.45) is 6.48. The van der Waals surface area contributed by atoms with Gasteiger partial charge in [-0.1, -0.05) is 20.8 Å². The monoisotopic (exact) mass is 513 g/mol. The fourth-order valence-corrected chi connectivity index (χ4v) is 9.59. The van der Waals surface area contributed by atoms with Crippen LogP contribution in [0.5, 0.6) is 5.75 Å². The minimum Gasteiger partial charge on any atom is -0.497 e. The molecule has 4 aliphatic rings. The smallest absolute Gasteiger partial charge is 0.224 e. The summed E-state index contributed by atoms with van der Waals surface area (Å²) in [5.74, 6) is 2.61. The molecule has 0 saturated heterocycles. The van der Waals surface area contributed by atoms with Gasteiger partial charge < -0.3 is 25.4 Å². The van der Waals surface area contributed by atoms with E-state index in [1.165, 1.54) is 0 Å². The minimum atomic E-state index is -0.392. The van der Waals surface area contributed by atoms with Crippen LogP contribution in [-0.4, -0.2) is 46.6 Å². The van der Waals surface area contributed by atoms with E-state index in [0.717, 1.165) is 62.8 Å². The first-order valence-corrected chi connectivity index (χ1v) is 14.6. The largest absolute Gasteiger partial charge is 0.497 e. The van der Waals surface area contributed by atoms with Crippen LogP contribution < -0.4 is 10.1 Å². The lowest BCUT2D eigenvalue weighted by Gasteiger charge is -2.63. The van der Waals surface area contributed by atoms with Gasteiger partial charge in [0.25, 0.3) is 0 Å². The molecule has 1 aromatic rings. The fourth-order valence-electron chi connectivity index (χ4n) is 9.59. The summed E-state index contributed by atoms with van der Waals surface area (Å²) >= 11 is 0. The van der Waals surface area contributed by atoms with Gasteiger partial charge in [-0.25, -0.2) is 0 Å². The average Bonchev–Trinajstić information content (AvgIpc) is 3.23. The Morgan fingerprint density at radius 1 is 1.05 bits per heavy atom. The van der Waals surface area contributed by atoms with E-state index < -0.39 is 6.10 Å². The van der Waals surface area contributed by atoms with Gasteiger partial charge >= 0.3 is 0 Å². The molecule has 5 rings (SSSR count). The van der Waals surface area contributed by atoms with Crippen molar-refractivity contribution in [3.63, 3.8) is 0 Å². The third kappa shape index (κ3) is 4.61. The first-order valence-electron chi connectivity index (χ1n) is 14.6. The average molecular weight is 514 g/mol. The number of fused-ring (bicyclic) bond motifs is 5. The summed E-state index contributed by atoms with van der Waals surface area (Å²) in [4.78, 5) is 12.7. The molecule has 0 unspecified atom stereocenters. The van der Waals surface area contributed by atoms with Crippen LogP contribution in [0.25, 0.3) is 0 Å². The molecule has 0 bridgehead atoms. The van der Waals surface area contributed by atoms with E-state index in [1.54, 1.807) is 7.11 Å². The highest BCUT2D eigenvalue weighted by Crippen LogP contribution is 2.68. The SMILES string of the molecule is COc1ccc(NC(=O)CC[C@@H](C)[C@@H]2CC[C@@H]3[C@@H]4[C@H](O)C[C@H]5C[C@H](O)CC[C@]5(C)[C@@H]4C[C@H](O)[C@@]32C)cc1. The Morgan fingerprint density at radius 2 is 1.78 bits per heavy atom. The number of aliphatic hydroxyl groups excluding tert-OH is 3. The maximum atomic E-state index is 12.7. The quantitative estimate of drug-likeness (QED) is 0.429. The lowest BCUT2D eigenvalue weighted by molar-refractivity contribution is -0.207. The van der Waals surface area contributed by atoms with E-state index >= 15 is 0 Å². The Labute approximate surface area is 222 Å². The van der Waals surface area contributed by atoms with Crippen LogP contribution in [0.15, 0.2) is 24.3 Å². The zero-order valence-corrected chi connectivity index (χ0v) is 23.0. The molecule has 0 heterocycles. The third-order valence-corrected chi connectivity index (χ3v) is 11.7. The van der Waals surface area contributed by atoms with Crippen LogP contribution in [0.2, 0.25) is 0 Å². The number of carbonyl (C=O) groups is 1. The highest BCUT2D eigenvalue weighted by Gasteiger charge is 2.65. The van der Waals surface area contributed by atoms with Crippen molar-refractivity contribution in [1.82, 2.24) is 0 Å². The number of hydrogen-bond acceptors (Lipinski definition) is 5. The van der Waals surface area contributed by atoms with Gasteiger partial charge in [0.05, 0.1) is 25.4 Å². The predicted molar refractivity (Wildman–Crippen MR) is 144 cm³/mol. The Balaban J connectivity index is 1.26. The van der Waals surface area contributed by atoms with E-state index in [0.29, 0.717) is 36.0 Å². The van der Waals surface area contributed by atoms with Crippen LogP contribution in [0.4, 0.5) is 5.69 Å². The number of nitrogens with one attached hydrogen (secondary N) is 1. The van der Waals surface area contributed by atoms with Crippen LogP contribution in [0.1, 0.15) is 78.6 Å². The minimum absolute atomic E-state index is 0.0159. The zero-order chi connectivity index (χ0) is 26.5. The van der Waals surface area contributed by atoms with Gasteiger partial charge in [-0.05, 0) is 122 Å². The molecule has 0 spiro atoms.